The Morgan fingerprint density at radius 3 is 3.24 bits per heavy atom. The number of aliphatic hydroxyl groups excluding tert-OH is 1. The molecule has 2 N–H and O–H groups in total. The van der Waals surface area contributed by atoms with Gasteiger partial charge in [-0.2, -0.15) is 0 Å². The molecule has 3 aromatic heterocycles. The molecule has 1 fully saturated rings. The Kier molecular flexibility index (Phi) is 2.94. The van der Waals surface area contributed by atoms with Gasteiger partial charge in [0.1, 0.15) is 23.1 Å². The van der Waals surface area contributed by atoms with Crippen molar-refractivity contribution in [3.8, 4) is 0 Å². The van der Waals surface area contributed by atoms with Crippen molar-refractivity contribution in [3.05, 3.63) is 24.3 Å². The van der Waals surface area contributed by atoms with Gasteiger partial charge in [0, 0.05) is 18.2 Å². The van der Waals surface area contributed by atoms with Crippen molar-refractivity contribution in [2.24, 2.45) is 0 Å². The number of fused-ring (bicyclic) bond motifs is 3. The van der Waals surface area contributed by atoms with Crippen LogP contribution in [-0.2, 0) is 11.3 Å². The zero-order valence-corrected chi connectivity index (χ0v) is 11.9. The zero-order chi connectivity index (χ0) is 14.4. The van der Waals surface area contributed by atoms with Crippen LogP contribution in [0.1, 0.15) is 31.7 Å². The van der Waals surface area contributed by atoms with Crippen LogP contribution in [0.4, 0.5) is 0 Å². The maximum atomic E-state index is 10.0. The van der Waals surface area contributed by atoms with E-state index in [0.29, 0.717) is 5.82 Å². The number of H-pyrrole nitrogens is 1. The van der Waals surface area contributed by atoms with Gasteiger partial charge in [0.25, 0.3) is 0 Å². The lowest BCUT2D eigenvalue weighted by Crippen LogP contribution is -2.18. The first-order chi connectivity index (χ1) is 10.2. The van der Waals surface area contributed by atoms with Crippen LogP contribution in [0.3, 0.4) is 0 Å². The van der Waals surface area contributed by atoms with Crippen LogP contribution in [0.5, 0.6) is 0 Å². The van der Waals surface area contributed by atoms with Gasteiger partial charge in [-0.05, 0) is 25.8 Å². The fourth-order valence-electron chi connectivity index (χ4n) is 3.14. The molecule has 0 aromatic carbocycles. The maximum Gasteiger partial charge on any atom is 0.139 e. The van der Waals surface area contributed by atoms with E-state index >= 15 is 0 Å². The van der Waals surface area contributed by atoms with Gasteiger partial charge in [-0.1, -0.05) is 0 Å². The Morgan fingerprint density at radius 2 is 2.48 bits per heavy atom. The molecular weight excluding hydrogens is 268 g/mol. The summed E-state index contributed by atoms with van der Waals surface area (Å²) in [6, 6.07) is 2.00. The standard InChI is InChI=1S/C15H18N4O2/c1-9(20)15-18-12-7-17-14-11(4-5-16-14)13(12)19(15)8-10-3-2-6-21-10/h4-5,7,9-10,20H,2-3,6,8H2,1H3,(H,16,17). The largest absolute Gasteiger partial charge is 0.385 e. The van der Waals surface area contributed by atoms with Crippen LogP contribution in [0.25, 0.3) is 22.1 Å². The van der Waals surface area contributed by atoms with E-state index in [4.69, 9.17) is 4.74 Å². The molecule has 1 saturated heterocycles. The summed E-state index contributed by atoms with van der Waals surface area (Å²) in [5.74, 6) is 0.677. The fourth-order valence-corrected chi connectivity index (χ4v) is 3.14. The molecule has 6 heteroatoms. The summed E-state index contributed by atoms with van der Waals surface area (Å²) in [6.07, 6.45) is 5.37. The second-order valence-electron chi connectivity index (χ2n) is 5.62. The Bertz CT molecular complexity index is 784. The third-order valence-corrected chi connectivity index (χ3v) is 4.10. The van der Waals surface area contributed by atoms with E-state index in [1.54, 1.807) is 13.1 Å². The lowest BCUT2D eigenvalue weighted by atomic mass is 10.2. The Morgan fingerprint density at radius 1 is 1.57 bits per heavy atom. The predicted octanol–water partition coefficient (Wildman–Crippen LogP) is 2.14. The average molecular weight is 286 g/mol. The second-order valence-corrected chi connectivity index (χ2v) is 5.62. The van der Waals surface area contributed by atoms with E-state index in [9.17, 15) is 5.11 Å². The van der Waals surface area contributed by atoms with Crippen LogP contribution >= 0.6 is 0 Å². The highest BCUT2D eigenvalue weighted by Crippen LogP contribution is 2.28. The van der Waals surface area contributed by atoms with Gasteiger partial charge >= 0.3 is 0 Å². The Hall–Kier alpha value is -1.92. The van der Waals surface area contributed by atoms with Crippen LogP contribution in [0, 0.1) is 0 Å². The minimum Gasteiger partial charge on any atom is -0.385 e. The van der Waals surface area contributed by atoms with Gasteiger partial charge in [-0.15, -0.1) is 0 Å². The van der Waals surface area contributed by atoms with Crippen LogP contribution in [0.2, 0.25) is 0 Å². The molecule has 2 unspecified atom stereocenters. The number of imidazole rings is 1. The number of nitrogens with one attached hydrogen (secondary N) is 1. The SMILES string of the molecule is CC(O)c1nc2cnc3[nH]ccc3c2n1CC1CCCO1. The fraction of sp³-hybridized carbons (Fsp3) is 0.467. The molecule has 1 aliphatic heterocycles. The van der Waals surface area contributed by atoms with Crippen molar-refractivity contribution in [1.82, 2.24) is 19.5 Å². The molecule has 2 atom stereocenters. The van der Waals surface area contributed by atoms with E-state index in [0.717, 1.165) is 48.1 Å². The highest BCUT2D eigenvalue weighted by atomic mass is 16.5. The number of nitrogens with zero attached hydrogens (tertiary/aromatic N) is 3. The quantitative estimate of drug-likeness (QED) is 0.773. The molecule has 0 spiro atoms. The molecule has 21 heavy (non-hydrogen) atoms. The second kappa shape index (κ2) is 4.82. The number of rotatable bonds is 3. The average Bonchev–Trinajstić information content (AvgIpc) is 3.16. The minimum absolute atomic E-state index is 0.196. The van der Waals surface area contributed by atoms with Crippen molar-refractivity contribution in [2.75, 3.05) is 6.61 Å². The molecule has 3 aromatic rings. The van der Waals surface area contributed by atoms with Crippen LogP contribution in [0.15, 0.2) is 18.5 Å². The molecule has 0 bridgehead atoms. The summed E-state index contributed by atoms with van der Waals surface area (Å²) in [6.45, 7) is 3.29. The molecule has 4 heterocycles. The number of aromatic nitrogens is 4. The normalized spacial score (nSPS) is 20.6. The molecule has 0 amide bonds. The Balaban J connectivity index is 1.94. The van der Waals surface area contributed by atoms with Crippen molar-refractivity contribution < 1.29 is 9.84 Å². The van der Waals surface area contributed by atoms with Gasteiger partial charge in [-0.25, -0.2) is 9.97 Å². The molecular formula is C15H18N4O2. The lowest BCUT2D eigenvalue weighted by molar-refractivity contribution is 0.0940. The predicted molar refractivity (Wildman–Crippen MR) is 79.0 cm³/mol. The number of ether oxygens (including phenoxy) is 1. The molecule has 1 aliphatic rings. The lowest BCUT2D eigenvalue weighted by Gasteiger charge is -2.15. The van der Waals surface area contributed by atoms with E-state index in [2.05, 4.69) is 19.5 Å². The number of aromatic amines is 1. The number of hydrogen-bond acceptors (Lipinski definition) is 4. The summed E-state index contributed by atoms with van der Waals surface area (Å²) in [5.41, 5.74) is 2.68. The smallest absolute Gasteiger partial charge is 0.139 e. The first kappa shape index (κ1) is 12.8. The minimum atomic E-state index is -0.618. The first-order valence-electron chi connectivity index (χ1n) is 7.36. The summed E-state index contributed by atoms with van der Waals surface area (Å²) in [4.78, 5) is 12.1. The van der Waals surface area contributed by atoms with E-state index in [1.807, 2.05) is 12.3 Å². The van der Waals surface area contributed by atoms with E-state index in [-0.39, 0.29) is 6.10 Å². The van der Waals surface area contributed by atoms with Crippen molar-refractivity contribution in [3.63, 3.8) is 0 Å². The summed E-state index contributed by atoms with van der Waals surface area (Å²) >= 11 is 0. The topological polar surface area (TPSA) is 76.0 Å². The third-order valence-electron chi connectivity index (χ3n) is 4.10. The van der Waals surface area contributed by atoms with E-state index < -0.39 is 6.10 Å². The van der Waals surface area contributed by atoms with Gasteiger partial charge in [0.05, 0.1) is 24.4 Å². The third kappa shape index (κ3) is 2.02. The highest BCUT2D eigenvalue weighted by Gasteiger charge is 2.23. The van der Waals surface area contributed by atoms with Gasteiger partial charge in [0.15, 0.2) is 0 Å². The summed E-state index contributed by atoms with van der Waals surface area (Å²) in [5, 5.41) is 11.1. The molecule has 110 valence electrons. The van der Waals surface area contributed by atoms with Crippen LogP contribution < -0.4 is 0 Å². The zero-order valence-electron chi connectivity index (χ0n) is 11.9. The molecule has 0 saturated carbocycles. The number of aliphatic hydroxyl groups is 1. The Labute approximate surface area is 121 Å². The molecule has 0 radical (unpaired) electrons. The van der Waals surface area contributed by atoms with Crippen molar-refractivity contribution >= 4 is 22.1 Å². The number of hydrogen-bond donors (Lipinski definition) is 2. The monoisotopic (exact) mass is 286 g/mol. The maximum absolute atomic E-state index is 10.0. The number of pyridine rings is 1. The van der Waals surface area contributed by atoms with Gasteiger partial charge in [-0.3, -0.25) is 0 Å². The van der Waals surface area contributed by atoms with Crippen molar-refractivity contribution in [2.45, 2.75) is 38.5 Å². The molecule has 0 aliphatic carbocycles. The van der Waals surface area contributed by atoms with Gasteiger partial charge in [0.2, 0.25) is 0 Å². The van der Waals surface area contributed by atoms with Crippen LogP contribution in [-0.4, -0.2) is 37.3 Å². The summed E-state index contributed by atoms with van der Waals surface area (Å²) in [7, 11) is 0. The van der Waals surface area contributed by atoms with E-state index in [1.165, 1.54) is 0 Å². The van der Waals surface area contributed by atoms with Crippen molar-refractivity contribution in [1.29, 1.82) is 0 Å². The highest BCUT2D eigenvalue weighted by molar-refractivity contribution is 6.01. The molecule has 6 nitrogen and oxygen atoms in total. The molecule has 4 rings (SSSR count). The first-order valence-corrected chi connectivity index (χ1v) is 7.36. The van der Waals surface area contributed by atoms with Gasteiger partial charge < -0.3 is 19.4 Å². The summed E-state index contributed by atoms with van der Waals surface area (Å²) < 4.78 is 7.84.